The molecule has 4 nitrogen and oxygen atoms in total. The Hall–Kier alpha value is -0.130. The van der Waals surface area contributed by atoms with Crippen molar-refractivity contribution < 1.29 is 13.2 Å². The van der Waals surface area contributed by atoms with E-state index in [-0.39, 0.29) is 23.1 Å². The summed E-state index contributed by atoms with van der Waals surface area (Å²) in [7, 11) is -3.03. The first-order valence-electron chi connectivity index (χ1n) is 7.70. The van der Waals surface area contributed by atoms with Crippen molar-refractivity contribution in [2.45, 2.75) is 69.3 Å². The van der Waals surface area contributed by atoms with Crippen molar-refractivity contribution in [3.63, 3.8) is 0 Å². The molecule has 0 radical (unpaired) electrons. The van der Waals surface area contributed by atoms with E-state index in [0.717, 1.165) is 58.1 Å². The van der Waals surface area contributed by atoms with Gasteiger partial charge in [-0.25, -0.2) is 8.42 Å². The van der Waals surface area contributed by atoms with Crippen LogP contribution in [0.15, 0.2) is 0 Å². The summed E-state index contributed by atoms with van der Waals surface area (Å²) in [6.07, 6.45) is 6.90. The van der Waals surface area contributed by atoms with E-state index in [2.05, 4.69) is 12.2 Å². The average molecular weight is 289 g/mol. The summed E-state index contributed by atoms with van der Waals surface area (Å²) in [5.74, 6) is 0.224. The van der Waals surface area contributed by atoms with Crippen LogP contribution in [0.4, 0.5) is 0 Å². The molecule has 1 aliphatic heterocycles. The normalized spacial score (nSPS) is 32.6. The second kappa shape index (κ2) is 7.04. The van der Waals surface area contributed by atoms with Crippen molar-refractivity contribution >= 4 is 9.84 Å². The molecule has 1 N–H and O–H groups in total. The predicted molar refractivity (Wildman–Crippen MR) is 77.1 cm³/mol. The molecule has 0 bridgehead atoms. The molecule has 0 aromatic rings. The summed E-state index contributed by atoms with van der Waals surface area (Å²) in [5.41, 5.74) is 0. The fourth-order valence-corrected chi connectivity index (χ4v) is 5.54. The molecule has 1 aliphatic carbocycles. The first-order chi connectivity index (χ1) is 9.13. The van der Waals surface area contributed by atoms with Crippen LogP contribution in [0.1, 0.15) is 51.9 Å². The number of rotatable bonds is 6. The Labute approximate surface area is 117 Å². The monoisotopic (exact) mass is 289 g/mol. The highest BCUT2D eigenvalue weighted by molar-refractivity contribution is 7.92. The Morgan fingerprint density at radius 2 is 1.95 bits per heavy atom. The van der Waals surface area contributed by atoms with Crippen molar-refractivity contribution in [2.24, 2.45) is 0 Å². The summed E-state index contributed by atoms with van der Waals surface area (Å²) in [6.45, 7) is 3.75. The maximum atomic E-state index is 12.6. The Bertz CT molecular complexity index is 363. The molecule has 1 heterocycles. The Morgan fingerprint density at radius 1 is 1.16 bits per heavy atom. The number of nitrogens with one attached hydrogen (secondary N) is 1. The van der Waals surface area contributed by atoms with E-state index in [4.69, 9.17) is 4.74 Å². The Kier molecular flexibility index (Phi) is 5.66. The molecule has 2 fully saturated rings. The van der Waals surface area contributed by atoms with Gasteiger partial charge in [0.1, 0.15) is 0 Å². The van der Waals surface area contributed by atoms with Crippen molar-refractivity contribution in [1.82, 2.24) is 5.32 Å². The third-order valence-corrected chi connectivity index (χ3v) is 6.59. The second-order valence-corrected chi connectivity index (χ2v) is 8.11. The van der Waals surface area contributed by atoms with Crippen molar-refractivity contribution in [3.8, 4) is 0 Å². The van der Waals surface area contributed by atoms with Crippen molar-refractivity contribution in [2.75, 3.05) is 18.9 Å². The fraction of sp³-hybridized carbons (Fsp3) is 1.00. The molecule has 1 saturated heterocycles. The minimum absolute atomic E-state index is 0.0567. The summed E-state index contributed by atoms with van der Waals surface area (Å²) >= 11 is 0. The molecular formula is C14H27NO3S. The predicted octanol–water partition coefficient (Wildman–Crippen LogP) is 1.89. The number of hydrogen-bond acceptors (Lipinski definition) is 4. The molecule has 0 spiro atoms. The lowest BCUT2D eigenvalue weighted by atomic mass is 9.95. The van der Waals surface area contributed by atoms with Gasteiger partial charge in [0.2, 0.25) is 0 Å². The van der Waals surface area contributed by atoms with Gasteiger partial charge in [-0.3, -0.25) is 0 Å². The lowest BCUT2D eigenvalue weighted by Crippen LogP contribution is -2.48. The minimum atomic E-state index is -3.03. The van der Waals surface area contributed by atoms with Crippen LogP contribution in [0, 0.1) is 0 Å². The van der Waals surface area contributed by atoms with E-state index in [1.807, 2.05) is 0 Å². The molecule has 0 aromatic carbocycles. The zero-order valence-electron chi connectivity index (χ0n) is 11.9. The van der Waals surface area contributed by atoms with Crippen molar-refractivity contribution in [3.05, 3.63) is 0 Å². The standard InChI is InChI=1S/C14H27NO3S/c1-2-9-15-13-7-3-4-8-14(13)19(16,17)11-12-6-5-10-18-12/h12-15H,2-11H2,1H3. The molecule has 3 unspecified atom stereocenters. The summed E-state index contributed by atoms with van der Waals surface area (Å²) in [5, 5.41) is 3.24. The minimum Gasteiger partial charge on any atom is -0.377 e. The van der Waals surface area contributed by atoms with E-state index in [9.17, 15) is 8.42 Å². The van der Waals surface area contributed by atoms with Gasteiger partial charge < -0.3 is 10.1 Å². The third kappa shape index (κ3) is 4.17. The highest BCUT2D eigenvalue weighted by Crippen LogP contribution is 2.27. The van der Waals surface area contributed by atoms with E-state index in [1.165, 1.54) is 0 Å². The lowest BCUT2D eigenvalue weighted by Gasteiger charge is -2.32. The van der Waals surface area contributed by atoms with Gasteiger partial charge in [-0.1, -0.05) is 19.8 Å². The molecule has 5 heteroatoms. The fourth-order valence-electron chi connectivity index (χ4n) is 3.25. The van der Waals surface area contributed by atoms with E-state index in [1.54, 1.807) is 0 Å². The molecule has 1 saturated carbocycles. The highest BCUT2D eigenvalue weighted by Gasteiger charge is 2.37. The lowest BCUT2D eigenvalue weighted by molar-refractivity contribution is 0.127. The summed E-state index contributed by atoms with van der Waals surface area (Å²) < 4.78 is 30.7. The smallest absolute Gasteiger partial charge is 0.157 e. The maximum absolute atomic E-state index is 12.6. The molecule has 0 amide bonds. The van der Waals surface area contributed by atoms with Crippen molar-refractivity contribution in [1.29, 1.82) is 0 Å². The van der Waals surface area contributed by atoms with E-state index < -0.39 is 9.84 Å². The van der Waals surface area contributed by atoms with Crippen LogP contribution in [0.5, 0.6) is 0 Å². The van der Waals surface area contributed by atoms with Gasteiger partial charge in [0, 0.05) is 12.6 Å². The van der Waals surface area contributed by atoms with Crippen LogP contribution in [0.3, 0.4) is 0 Å². The molecule has 19 heavy (non-hydrogen) atoms. The van der Waals surface area contributed by atoms with Crippen LogP contribution in [0.2, 0.25) is 0 Å². The van der Waals surface area contributed by atoms with E-state index >= 15 is 0 Å². The average Bonchev–Trinajstić information content (AvgIpc) is 2.88. The van der Waals surface area contributed by atoms with Crippen LogP contribution in [-0.2, 0) is 14.6 Å². The largest absolute Gasteiger partial charge is 0.377 e. The SMILES string of the molecule is CCCNC1CCCCC1S(=O)(=O)CC1CCCO1. The zero-order valence-corrected chi connectivity index (χ0v) is 12.8. The molecule has 112 valence electrons. The molecule has 3 atom stereocenters. The maximum Gasteiger partial charge on any atom is 0.157 e. The third-order valence-electron chi connectivity index (χ3n) is 4.26. The van der Waals surface area contributed by atoms with Gasteiger partial charge >= 0.3 is 0 Å². The van der Waals surface area contributed by atoms with Gasteiger partial charge in [-0.15, -0.1) is 0 Å². The quantitative estimate of drug-likeness (QED) is 0.811. The van der Waals surface area contributed by atoms with Crippen LogP contribution >= 0.6 is 0 Å². The molecule has 2 rings (SSSR count). The Morgan fingerprint density at radius 3 is 2.63 bits per heavy atom. The van der Waals surface area contributed by atoms with Gasteiger partial charge in [0.05, 0.1) is 17.1 Å². The van der Waals surface area contributed by atoms with Crippen LogP contribution < -0.4 is 5.32 Å². The number of hydrogen-bond donors (Lipinski definition) is 1. The summed E-state index contributed by atoms with van der Waals surface area (Å²) in [4.78, 5) is 0. The number of sulfone groups is 1. The van der Waals surface area contributed by atoms with Gasteiger partial charge in [-0.2, -0.15) is 0 Å². The van der Waals surface area contributed by atoms with Gasteiger partial charge in [0.15, 0.2) is 9.84 Å². The van der Waals surface area contributed by atoms with Gasteiger partial charge in [0.25, 0.3) is 0 Å². The second-order valence-electron chi connectivity index (χ2n) is 5.85. The van der Waals surface area contributed by atoms with Crippen LogP contribution in [-0.4, -0.2) is 44.7 Å². The number of ether oxygens (including phenoxy) is 1. The Balaban J connectivity index is 1.98. The van der Waals surface area contributed by atoms with E-state index in [0.29, 0.717) is 0 Å². The summed E-state index contributed by atoms with van der Waals surface area (Å²) in [6, 6.07) is 0.153. The first-order valence-corrected chi connectivity index (χ1v) is 9.41. The van der Waals surface area contributed by atoms with Gasteiger partial charge in [-0.05, 0) is 38.6 Å². The zero-order chi connectivity index (χ0) is 13.7. The van der Waals surface area contributed by atoms with Crippen LogP contribution in [0.25, 0.3) is 0 Å². The topological polar surface area (TPSA) is 55.4 Å². The molecule has 2 aliphatic rings. The highest BCUT2D eigenvalue weighted by atomic mass is 32.2. The molecule has 0 aromatic heterocycles. The molecular weight excluding hydrogens is 262 g/mol. The first kappa shape index (κ1) is 15.3.